The monoisotopic (exact) mass is 731 g/mol. The maximum atomic E-state index is 12.6. The molecule has 1 rings (SSSR count). The molecular weight excluding hydrogens is 695 g/mol. The minimum absolute atomic E-state index is 0.0131. The molecule has 1 aromatic rings. The molecule has 0 aliphatic carbocycles. The Kier molecular flexibility index (Phi) is 18.7. The standard InChI is InChI=1S/C20H36N3O16P3S2/c1-2-18(37-15(13-24)14-36-41(32,33)39-42(34,35)38-40(29,30)31)23-10-9-16(22-20(23)28)21-17(25)7-6-12-44-43-11-5-3-4-8-19(26)27/h9-10,15,18,24H,2-8,11-14H2,1H3,(H,26,27)(H,32,33)(H,34,35)(H2,29,30,31)(H,21,22,25,28)/t15-,18+/m0/s1. The molecule has 0 fully saturated rings. The highest BCUT2D eigenvalue weighted by molar-refractivity contribution is 8.76. The second-order valence-electron chi connectivity index (χ2n) is 8.69. The van der Waals surface area contributed by atoms with Crippen molar-refractivity contribution in [3.8, 4) is 0 Å². The third-order valence-corrected chi connectivity index (χ3v) is 11.4. The van der Waals surface area contributed by atoms with Gasteiger partial charge >= 0.3 is 35.1 Å². The van der Waals surface area contributed by atoms with Gasteiger partial charge in [-0.05, 0) is 31.7 Å². The number of nitrogens with zero attached hydrogens (tertiary/aromatic N) is 2. The average molecular weight is 732 g/mol. The van der Waals surface area contributed by atoms with Gasteiger partial charge < -0.3 is 39.8 Å². The van der Waals surface area contributed by atoms with Gasteiger partial charge in [-0.3, -0.25) is 18.7 Å². The van der Waals surface area contributed by atoms with Gasteiger partial charge in [-0.2, -0.15) is 13.6 Å². The van der Waals surface area contributed by atoms with Crippen LogP contribution in [0.2, 0.25) is 0 Å². The summed E-state index contributed by atoms with van der Waals surface area (Å²) in [6.45, 7) is -0.165. The van der Waals surface area contributed by atoms with E-state index in [0.29, 0.717) is 18.6 Å². The number of amides is 1. The van der Waals surface area contributed by atoms with Crippen LogP contribution in [0.25, 0.3) is 0 Å². The first-order valence-electron chi connectivity index (χ1n) is 12.9. The van der Waals surface area contributed by atoms with E-state index in [1.54, 1.807) is 28.5 Å². The molecule has 1 aromatic heterocycles. The van der Waals surface area contributed by atoms with Crippen molar-refractivity contribution in [2.75, 3.05) is 30.0 Å². The highest BCUT2D eigenvalue weighted by atomic mass is 33.1. The molecule has 0 saturated carbocycles. The summed E-state index contributed by atoms with van der Waals surface area (Å²) in [5.41, 5.74) is -0.838. The molecule has 7 N–H and O–H groups in total. The molecular formula is C20H36N3O16P3S2. The van der Waals surface area contributed by atoms with Crippen molar-refractivity contribution >= 4 is 62.8 Å². The van der Waals surface area contributed by atoms with E-state index in [0.717, 1.165) is 23.2 Å². The van der Waals surface area contributed by atoms with Crippen molar-refractivity contribution in [1.29, 1.82) is 0 Å². The van der Waals surface area contributed by atoms with E-state index in [2.05, 4.69) is 23.4 Å². The topological polar surface area (TPSA) is 291 Å². The Morgan fingerprint density at radius 1 is 1.00 bits per heavy atom. The molecule has 0 spiro atoms. The van der Waals surface area contributed by atoms with Gasteiger partial charge in [-0.25, -0.2) is 18.5 Å². The van der Waals surface area contributed by atoms with E-state index < -0.39 is 60.7 Å². The molecule has 24 heteroatoms. The molecule has 44 heavy (non-hydrogen) atoms. The van der Waals surface area contributed by atoms with E-state index in [1.807, 2.05) is 0 Å². The molecule has 4 atom stereocenters. The number of aliphatic carboxylic acids is 1. The van der Waals surface area contributed by atoms with Crippen LogP contribution >= 0.6 is 45.1 Å². The fraction of sp³-hybridized carbons (Fsp3) is 0.700. The lowest BCUT2D eigenvalue weighted by Gasteiger charge is -2.25. The second kappa shape index (κ2) is 20.2. The number of aromatic nitrogens is 2. The van der Waals surface area contributed by atoms with E-state index in [1.165, 1.54) is 12.3 Å². The number of ether oxygens (including phenoxy) is 1. The van der Waals surface area contributed by atoms with Gasteiger partial charge in [0.25, 0.3) is 0 Å². The predicted octanol–water partition coefficient (Wildman–Crippen LogP) is 2.62. The third-order valence-electron chi connectivity index (χ3n) is 4.98. The smallest absolute Gasteiger partial charge is 0.481 e. The fourth-order valence-corrected chi connectivity index (χ4v) is 8.41. The van der Waals surface area contributed by atoms with Crippen LogP contribution in [-0.4, -0.2) is 82.0 Å². The number of carbonyl (C=O) groups excluding carboxylic acids is 1. The molecule has 0 aromatic carbocycles. The zero-order chi connectivity index (χ0) is 33.4. The molecule has 0 radical (unpaired) electrons. The van der Waals surface area contributed by atoms with Gasteiger partial charge in [0.15, 0.2) is 0 Å². The Bertz CT molecular complexity index is 1260. The number of rotatable bonds is 24. The van der Waals surface area contributed by atoms with Crippen molar-refractivity contribution in [1.82, 2.24) is 9.55 Å². The lowest BCUT2D eigenvalue weighted by Crippen LogP contribution is -2.34. The van der Waals surface area contributed by atoms with Crippen LogP contribution in [0.1, 0.15) is 58.1 Å². The maximum Gasteiger partial charge on any atom is 0.490 e. The Hall–Kier alpha value is -1.15. The Labute approximate surface area is 259 Å². The first-order valence-corrected chi connectivity index (χ1v) is 19.9. The molecule has 254 valence electrons. The van der Waals surface area contributed by atoms with Crippen LogP contribution in [0.5, 0.6) is 0 Å². The number of aliphatic hydroxyl groups excluding tert-OH is 1. The average Bonchev–Trinajstić information content (AvgIpc) is 2.88. The van der Waals surface area contributed by atoms with Gasteiger partial charge in [0, 0.05) is 30.5 Å². The minimum atomic E-state index is -5.73. The SMILES string of the molecule is CC[C@@H](O[C@@H](CO)COP(=O)(O)OP(=O)(O)OP(=O)(O)O)n1ccc(NC(=O)CCCSSCCCCCC(=O)O)nc1=O. The van der Waals surface area contributed by atoms with Gasteiger partial charge in [0.2, 0.25) is 5.91 Å². The van der Waals surface area contributed by atoms with Crippen molar-refractivity contribution in [2.45, 2.75) is 64.2 Å². The zero-order valence-corrected chi connectivity index (χ0v) is 27.7. The minimum Gasteiger partial charge on any atom is -0.481 e. The second-order valence-corrected chi connectivity index (χ2v) is 15.8. The number of phosphoric ester groups is 1. The molecule has 2 unspecified atom stereocenters. The highest BCUT2D eigenvalue weighted by Gasteiger charge is 2.41. The van der Waals surface area contributed by atoms with Crippen LogP contribution in [0.15, 0.2) is 17.1 Å². The van der Waals surface area contributed by atoms with E-state index in [-0.39, 0.29) is 31.0 Å². The van der Waals surface area contributed by atoms with Crippen molar-refractivity contribution in [3.05, 3.63) is 22.7 Å². The third kappa shape index (κ3) is 18.7. The van der Waals surface area contributed by atoms with E-state index >= 15 is 0 Å². The van der Waals surface area contributed by atoms with Crippen molar-refractivity contribution in [3.63, 3.8) is 0 Å². The number of carbonyl (C=O) groups is 2. The van der Waals surface area contributed by atoms with E-state index in [4.69, 9.17) is 19.6 Å². The molecule has 0 saturated heterocycles. The summed E-state index contributed by atoms with van der Waals surface area (Å²) in [4.78, 5) is 75.0. The molecule has 1 amide bonds. The summed E-state index contributed by atoms with van der Waals surface area (Å²) in [6.07, 6.45) is 2.23. The Balaban J connectivity index is 2.56. The molecule has 0 bridgehead atoms. The normalized spacial score (nSPS) is 16.0. The Morgan fingerprint density at radius 2 is 1.66 bits per heavy atom. The number of hydrogen-bond acceptors (Lipinski definition) is 14. The first-order chi connectivity index (χ1) is 20.5. The lowest BCUT2D eigenvalue weighted by atomic mass is 10.2. The van der Waals surface area contributed by atoms with Gasteiger partial charge in [0.1, 0.15) is 18.1 Å². The summed E-state index contributed by atoms with van der Waals surface area (Å²) in [5.74, 6) is 0.425. The number of anilines is 1. The van der Waals surface area contributed by atoms with Gasteiger partial charge in [0.05, 0.1) is 13.2 Å². The van der Waals surface area contributed by atoms with E-state index in [9.17, 15) is 43.0 Å². The molecule has 1 heterocycles. The summed E-state index contributed by atoms with van der Waals surface area (Å²) in [6, 6.07) is 1.33. The summed E-state index contributed by atoms with van der Waals surface area (Å²) in [5, 5.41) is 20.7. The molecule has 0 aliphatic rings. The predicted molar refractivity (Wildman–Crippen MR) is 158 cm³/mol. The number of carboxylic acids is 1. The fourth-order valence-electron chi connectivity index (χ4n) is 3.13. The van der Waals surface area contributed by atoms with Crippen LogP contribution in [0.3, 0.4) is 0 Å². The van der Waals surface area contributed by atoms with Gasteiger partial charge in [-0.1, -0.05) is 34.9 Å². The number of carboxylic acid groups (broad SMARTS) is 1. The van der Waals surface area contributed by atoms with Crippen LogP contribution in [0.4, 0.5) is 5.82 Å². The van der Waals surface area contributed by atoms with Gasteiger partial charge in [-0.15, -0.1) is 0 Å². The van der Waals surface area contributed by atoms with Crippen molar-refractivity contribution in [2.24, 2.45) is 0 Å². The first kappa shape index (κ1) is 40.9. The number of phosphoric acid groups is 3. The number of nitrogens with one attached hydrogen (secondary N) is 1. The summed E-state index contributed by atoms with van der Waals surface area (Å²) >= 11 is 0. The lowest BCUT2D eigenvalue weighted by molar-refractivity contribution is -0.137. The quantitative estimate of drug-likeness (QED) is 0.0457. The largest absolute Gasteiger partial charge is 0.490 e. The summed E-state index contributed by atoms with van der Waals surface area (Å²) < 4.78 is 52.2. The molecule has 19 nitrogen and oxygen atoms in total. The number of hydrogen-bond donors (Lipinski definition) is 7. The summed E-state index contributed by atoms with van der Waals surface area (Å²) in [7, 11) is -13.5. The zero-order valence-electron chi connectivity index (χ0n) is 23.4. The maximum absolute atomic E-state index is 12.6. The molecule has 0 aliphatic heterocycles. The highest BCUT2D eigenvalue weighted by Crippen LogP contribution is 2.66. The van der Waals surface area contributed by atoms with Crippen LogP contribution in [-0.2, 0) is 41.2 Å². The van der Waals surface area contributed by atoms with Crippen molar-refractivity contribution < 1.29 is 71.0 Å². The van der Waals surface area contributed by atoms with Crippen LogP contribution < -0.4 is 11.0 Å². The number of aliphatic hydroxyl groups is 1. The number of unbranched alkanes of at least 4 members (excludes halogenated alkanes) is 2. The van der Waals surface area contributed by atoms with Crippen LogP contribution in [0, 0.1) is 0 Å². The Morgan fingerprint density at radius 3 is 2.23 bits per heavy atom.